The lowest BCUT2D eigenvalue weighted by Crippen LogP contribution is -2.51. The van der Waals surface area contributed by atoms with E-state index < -0.39 is 11.4 Å². The maximum atomic E-state index is 13.3. The van der Waals surface area contributed by atoms with Crippen molar-refractivity contribution >= 4 is 23.8 Å². The van der Waals surface area contributed by atoms with E-state index in [0.717, 1.165) is 43.2 Å². The summed E-state index contributed by atoms with van der Waals surface area (Å²) >= 11 is 0. The standard InChI is InChI=1S/C21H32N4O4/c26-17-13-22-20(29)25(17)14-18(27)24-12-9-21(15-24)8-4-10-23(19(21)28)11-7-16-5-2-1-3-6-16/h16H,1-15H2,(H,22,29). The van der Waals surface area contributed by atoms with E-state index in [1.54, 1.807) is 4.90 Å². The fourth-order valence-corrected chi connectivity index (χ4v) is 5.49. The molecule has 4 rings (SSSR count). The van der Waals surface area contributed by atoms with Gasteiger partial charge in [-0.1, -0.05) is 32.1 Å². The zero-order chi connectivity index (χ0) is 20.4. The molecule has 8 nitrogen and oxygen atoms in total. The van der Waals surface area contributed by atoms with Gasteiger partial charge in [-0.2, -0.15) is 0 Å². The SMILES string of the molecule is O=C(CN1C(=O)CNC1=O)N1CCC2(CCCN(CCC3CCCCC3)C2=O)C1. The molecule has 0 aromatic heterocycles. The molecule has 1 aliphatic carbocycles. The molecule has 1 saturated carbocycles. The Labute approximate surface area is 171 Å². The first-order valence-corrected chi connectivity index (χ1v) is 11.1. The van der Waals surface area contributed by atoms with Crippen molar-refractivity contribution in [3.8, 4) is 0 Å². The molecule has 29 heavy (non-hydrogen) atoms. The summed E-state index contributed by atoms with van der Waals surface area (Å²) in [4.78, 5) is 54.1. The fraction of sp³-hybridized carbons (Fsp3) is 0.810. The normalized spacial score (nSPS) is 28.6. The van der Waals surface area contributed by atoms with Crippen LogP contribution in [0.25, 0.3) is 0 Å². The van der Waals surface area contributed by atoms with Crippen LogP contribution in [0.15, 0.2) is 0 Å². The number of imide groups is 1. The molecule has 160 valence electrons. The topological polar surface area (TPSA) is 90.0 Å². The number of nitrogens with one attached hydrogen (secondary N) is 1. The predicted octanol–water partition coefficient (Wildman–Crippen LogP) is 1.35. The van der Waals surface area contributed by atoms with Gasteiger partial charge in [0.1, 0.15) is 6.54 Å². The molecule has 1 unspecified atom stereocenters. The number of amides is 5. The van der Waals surface area contributed by atoms with Gasteiger partial charge in [-0.3, -0.25) is 19.3 Å². The molecule has 0 radical (unpaired) electrons. The van der Waals surface area contributed by atoms with E-state index in [1.807, 2.05) is 4.90 Å². The van der Waals surface area contributed by atoms with Gasteiger partial charge in [0.05, 0.1) is 12.0 Å². The number of likely N-dealkylation sites (tertiary alicyclic amines) is 2. The third-order valence-electron chi connectivity index (χ3n) is 7.29. The van der Waals surface area contributed by atoms with Gasteiger partial charge in [-0.25, -0.2) is 4.79 Å². The second-order valence-corrected chi connectivity index (χ2v) is 9.17. The Kier molecular flexibility index (Phi) is 5.79. The van der Waals surface area contributed by atoms with Crippen molar-refractivity contribution in [3.05, 3.63) is 0 Å². The minimum absolute atomic E-state index is 0.0511. The van der Waals surface area contributed by atoms with Gasteiger partial charge in [0.25, 0.3) is 5.91 Å². The van der Waals surface area contributed by atoms with Gasteiger partial charge in [0.2, 0.25) is 11.8 Å². The highest BCUT2D eigenvalue weighted by molar-refractivity contribution is 6.04. The van der Waals surface area contributed by atoms with E-state index in [0.29, 0.717) is 19.5 Å². The molecule has 0 bridgehead atoms. The van der Waals surface area contributed by atoms with Crippen LogP contribution in [0.1, 0.15) is 57.8 Å². The van der Waals surface area contributed by atoms with Crippen molar-refractivity contribution in [2.24, 2.45) is 11.3 Å². The van der Waals surface area contributed by atoms with Gasteiger partial charge < -0.3 is 15.1 Å². The Hall–Kier alpha value is -2.12. The highest BCUT2D eigenvalue weighted by Gasteiger charge is 2.49. The van der Waals surface area contributed by atoms with Crippen LogP contribution in [0.5, 0.6) is 0 Å². The van der Waals surface area contributed by atoms with Crippen LogP contribution >= 0.6 is 0 Å². The average Bonchev–Trinajstić information content (AvgIpc) is 3.29. The Bertz CT molecular complexity index is 674. The lowest BCUT2D eigenvalue weighted by atomic mass is 9.78. The van der Waals surface area contributed by atoms with E-state index in [9.17, 15) is 19.2 Å². The van der Waals surface area contributed by atoms with Gasteiger partial charge >= 0.3 is 6.03 Å². The van der Waals surface area contributed by atoms with Crippen molar-refractivity contribution in [1.82, 2.24) is 20.0 Å². The largest absolute Gasteiger partial charge is 0.342 e. The summed E-state index contributed by atoms with van der Waals surface area (Å²) in [6.45, 7) is 2.30. The number of nitrogens with zero attached hydrogens (tertiary/aromatic N) is 3. The number of hydrogen-bond donors (Lipinski definition) is 1. The molecule has 0 aromatic carbocycles. The van der Waals surface area contributed by atoms with Crippen LogP contribution in [0.2, 0.25) is 0 Å². The molecular weight excluding hydrogens is 372 g/mol. The summed E-state index contributed by atoms with van der Waals surface area (Å²) in [6, 6.07) is -0.514. The molecule has 4 aliphatic rings. The molecule has 8 heteroatoms. The second-order valence-electron chi connectivity index (χ2n) is 9.17. The van der Waals surface area contributed by atoms with Crippen molar-refractivity contribution in [2.75, 3.05) is 39.3 Å². The Morgan fingerprint density at radius 1 is 1.03 bits per heavy atom. The summed E-state index contributed by atoms with van der Waals surface area (Å²) in [5.74, 6) is 0.323. The number of hydrogen-bond acceptors (Lipinski definition) is 4. The zero-order valence-corrected chi connectivity index (χ0v) is 17.2. The molecule has 3 heterocycles. The number of piperidine rings is 1. The van der Waals surface area contributed by atoms with Crippen LogP contribution in [-0.4, -0.2) is 77.7 Å². The van der Waals surface area contributed by atoms with Crippen LogP contribution in [0, 0.1) is 11.3 Å². The second kappa shape index (κ2) is 8.32. The lowest BCUT2D eigenvalue weighted by Gasteiger charge is -2.40. The molecule has 1 atom stereocenters. The Morgan fingerprint density at radius 2 is 1.83 bits per heavy atom. The van der Waals surface area contributed by atoms with E-state index in [1.165, 1.54) is 32.1 Å². The van der Waals surface area contributed by atoms with Gasteiger partial charge in [-0.05, 0) is 31.6 Å². The first-order chi connectivity index (χ1) is 14.0. The van der Waals surface area contributed by atoms with Gasteiger partial charge in [-0.15, -0.1) is 0 Å². The summed E-state index contributed by atoms with van der Waals surface area (Å²) in [7, 11) is 0. The molecule has 4 fully saturated rings. The van der Waals surface area contributed by atoms with E-state index >= 15 is 0 Å². The van der Waals surface area contributed by atoms with Crippen LogP contribution in [0.3, 0.4) is 0 Å². The average molecular weight is 405 g/mol. The first kappa shape index (κ1) is 20.2. The van der Waals surface area contributed by atoms with Crippen LogP contribution in [0.4, 0.5) is 4.79 Å². The third-order valence-corrected chi connectivity index (χ3v) is 7.29. The van der Waals surface area contributed by atoms with E-state index in [-0.39, 0.29) is 30.8 Å². The van der Waals surface area contributed by atoms with Crippen molar-refractivity contribution in [3.63, 3.8) is 0 Å². The minimum Gasteiger partial charge on any atom is -0.342 e. The Balaban J connectivity index is 1.33. The summed E-state index contributed by atoms with van der Waals surface area (Å²) < 4.78 is 0. The lowest BCUT2D eigenvalue weighted by molar-refractivity contribution is -0.146. The predicted molar refractivity (Wildman–Crippen MR) is 106 cm³/mol. The quantitative estimate of drug-likeness (QED) is 0.701. The molecule has 1 spiro atoms. The smallest absolute Gasteiger partial charge is 0.325 e. The van der Waals surface area contributed by atoms with Gasteiger partial charge in [0, 0.05) is 26.2 Å². The zero-order valence-electron chi connectivity index (χ0n) is 17.2. The van der Waals surface area contributed by atoms with Gasteiger partial charge in [0.15, 0.2) is 0 Å². The fourth-order valence-electron chi connectivity index (χ4n) is 5.49. The molecular formula is C21H32N4O4. The monoisotopic (exact) mass is 404 g/mol. The summed E-state index contributed by atoms with van der Waals surface area (Å²) in [5.41, 5.74) is -0.474. The highest BCUT2D eigenvalue weighted by Crippen LogP contribution is 2.40. The minimum atomic E-state index is -0.514. The molecule has 3 aliphatic heterocycles. The molecule has 5 amide bonds. The summed E-state index contributed by atoms with van der Waals surface area (Å²) in [6.07, 6.45) is 10.1. The number of rotatable bonds is 5. The van der Waals surface area contributed by atoms with Crippen LogP contribution < -0.4 is 5.32 Å². The first-order valence-electron chi connectivity index (χ1n) is 11.1. The molecule has 3 saturated heterocycles. The summed E-state index contributed by atoms with van der Waals surface area (Å²) in [5, 5.41) is 2.43. The van der Waals surface area contributed by atoms with Crippen molar-refractivity contribution in [2.45, 2.75) is 57.8 Å². The van der Waals surface area contributed by atoms with Crippen molar-refractivity contribution < 1.29 is 19.2 Å². The maximum absolute atomic E-state index is 13.3. The maximum Gasteiger partial charge on any atom is 0.325 e. The number of carbonyl (C=O) groups excluding carboxylic acids is 4. The van der Waals surface area contributed by atoms with Crippen LogP contribution in [-0.2, 0) is 14.4 Å². The van der Waals surface area contributed by atoms with E-state index in [2.05, 4.69) is 5.32 Å². The van der Waals surface area contributed by atoms with Crippen molar-refractivity contribution in [1.29, 1.82) is 0 Å². The number of urea groups is 1. The highest BCUT2D eigenvalue weighted by atomic mass is 16.2. The molecule has 1 N–H and O–H groups in total. The Morgan fingerprint density at radius 3 is 2.55 bits per heavy atom. The number of carbonyl (C=O) groups is 4. The third kappa shape index (κ3) is 4.12. The van der Waals surface area contributed by atoms with E-state index in [4.69, 9.17) is 0 Å². The molecule has 0 aromatic rings.